The fraction of sp³-hybridized carbons (Fsp3) is 0.143. The highest BCUT2D eigenvalue weighted by molar-refractivity contribution is 14.1. The molecule has 0 aliphatic carbocycles. The summed E-state index contributed by atoms with van der Waals surface area (Å²) in [7, 11) is 5.52. The van der Waals surface area contributed by atoms with Crippen LogP contribution in [0.1, 0.15) is 5.56 Å². The third-order valence-corrected chi connectivity index (χ3v) is 6.05. The summed E-state index contributed by atoms with van der Waals surface area (Å²) in [5.74, 6) is 0. The first kappa shape index (κ1) is 10.6. The third-order valence-electron chi connectivity index (χ3n) is 1.52. The van der Waals surface area contributed by atoms with E-state index in [0.29, 0.717) is 0 Å². The van der Waals surface area contributed by atoms with Gasteiger partial charge in [0.1, 0.15) is 0 Å². The molecular weight excluding hydrogens is 400 g/mol. The first-order chi connectivity index (χ1) is 5.04. The van der Waals surface area contributed by atoms with Gasteiger partial charge in [-0.3, -0.25) is 0 Å². The van der Waals surface area contributed by atoms with E-state index in [1.54, 1.807) is 0 Å². The molecule has 0 aliphatic rings. The quantitative estimate of drug-likeness (QED) is 0.457. The Balaban J connectivity index is 3.46. The minimum atomic E-state index is 1.27. The molecule has 4 heteroatoms. The van der Waals surface area contributed by atoms with Gasteiger partial charge in [-0.05, 0) is 74.3 Å². The van der Waals surface area contributed by atoms with E-state index in [4.69, 9.17) is 0 Å². The Morgan fingerprint density at radius 3 is 2.36 bits per heavy atom. The van der Waals surface area contributed by atoms with Crippen molar-refractivity contribution in [1.82, 2.24) is 0 Å². The van der Waals surface area contributed by atoms with Crippen LogP contribution in [0.5, 0.6) is 0 Å². The normalized spacial score (nSPS) is 10.3. The molecular formula is C7H8I2P2. The zero-order valence-corrected chi connectivity index (χ0v) is 12.6. The molecule has 0 aliphatic heterocycles. The average Bonchev–Trinajstić information content (AvgIpc) is 1.97. The van der Waals surface area contributed by atoms with Gasteiger partial charge in [-0.2, -0.15) is 0 Å². The standard InChI is InChI=1S/C7H8I2P2/c1-3-4(8)2-5(10)7(11)6(3)9/h2H,10-11H2,1H3. The van der Waals surface area contributed by atoms with Crippen molar-refractivity contribution in [3.8, 4) is 0 Å². The van der Waals surface area contributed by atoms with Crippen molar-refractivity contribution in [2.75, 3.05) is 0 Å². The maximum absolute atomic E-state index is 2.77. The van der Waals surface area contributed by atoms with Gasteiger partial charge in [0.25, 0.3) is 0 Å². The van der Waals surface area contributed by atoms with E-state index in [2.05, 4.69) is 76.7 Å². The fourth-order valence-corrected chi connectivity index (χ4v) is 3.72. The van der Waals surface area contributed by atoms with E-state index >= 15 is 0 Å². The van der Waals surface area contributed by atoms with Crippen LogP contribution in [0, 0.1) is 14.1 Å². The highest BCUT2D eigenvalue weighted by Gasteiger charge is 2.05. The second-order valence-corrected chi connectivity index (χ2v) is 5.74. The summed E-state index contributed by atoms with van der Waals surface area (Å²) in [5, 5.41) is 2.57. The third kappa shape index (κ3) is 2.26. The Hall–Kier alpha value is 1.54. The molecule has 2 atom stereocenters. The Labute approximate surface area is 99.0 Å². The molecule has 0 saturated heterocycles. The molecule has 0 aromatic heterocycles. The van der Waals surface area contributed by atoms with E-state index in [9.17, 15) is 0 Å². The summed E-state index contributed by atoms with van der Waals surface area (Å²) in [6, 6.07) is 2.19. The largest absolute Gasteiger partial charge is 0.105 e. The van der Waals surface area contributed by atoms with Crippen LogP contribution >= 0.6 is 63.7 Å². The van der Waals surface area contributed by atoms with Crippen LogP contribution in [0.2, 0.25) is 0 Å². The van der Waals surface area contributed by atoms with Gasteiger partial charge >= 0.3 is 0 Å². The minimum Gasteiger partial charge on any atom is -0.105 e. The Morgan fingerprint density at radius 2 is 1.82 bits per heavy atom. The second-order valence-electron chi connectivity index (χ2n) is 2.30. The zero-order chi connectivity index (χ0) is 8.59. The molecule has 0 nitrogen and oxygen atoms in total. The van der Waals surface area contributed by atoms with Crippen molar-refractivity contribution in [2.45, 2.75) is 6.92 Å². The van der Waals surface area contributed by atoms with Crippen LogP contribution in [0.25, 0.3) is 0 Å². The highest BCUT2D eigenvalue weighted by Crippen LogP contribution is 2.17. The lowest BCUT2D eigenvalue weighted by atomic mass is 10.2. The van der Waals surface area contributed by atoms with Crippen molar-refractivity contribution in [3.05, 3.63) is 18.8 Å². The van der Waals surface area contributed by atoms with E-state index in [-0.39, 0.29) is 0 Å². The summed E-state index contributed by atoms with van der Waals surface area (Å²) >= 11 is 4.75. The molecule has 0 fully saturated rings. The molecule has 1 aromatic rings. The topological polar surface area (TPSA) is 0 Å². The molecule has 0 N–H and O–H groups in total. The molecule has 2 unspecified atom stereocenters. The lowest BCUT2D eigenvalue weighted by Gasteiger charge is -2.07. The van der Waals surface area contributed by atoms with E-state index < -0.39 is 0 Å². The molecule has 1 rings (SSSR count). The monoisotopic (exact) mass is 408 g/mol. The van der Waals surface area contributed by atoms with Crippen molar-refractivity contribution in [1.29, 1.82) is 0 Å². The fourth-order valence-electron chi connectivity index (χ4n) is 0.756. The lowest BCUT2D eigenvalue weighted by molar-refractivity contribution is 1.42. The Bertz CT molecular complexity index is 271. The van der Waals surface area contributed by atoms with Gasteiger partial charge in [-0.1, -0.05) is 0 Å². The molecule has 0 spiro atoms. The molecule has 0 radical (unpaired) electrons. The van der Waals surface area contributed by atoms with Crippen molar-refractivity contribution >= 4 is 74.3 Å². The van der Waals surface area contributed by atoms with E-state index in [1.165, 1.54) is 23.3 Å². The Kier molecular flexibility index (Phi) is 4.02. The maximum atomic E-state index is 2.77. The molecule has 60 valence electrons. The summed E-state index contributed by atoms with van der Waals surface area (Å²) < 4.78 is 2.69. The van der Waals surface area contributed by atoms with Crippen LogP contribution in [0.3, 0.4) is 0 Å². The zero-order valence-electron chi connectivity index (χ0n) is 5.99. The highest BCUT2D eigenvalue weighted by atomic mass is 127. The molecule has 0 saturated carbocycles. The van der Waals surface area contributed by atoms with Gasteiger partial charge in [0.05, 0.1) is 0 Å². The summed E-state index contributed by atoms with van der Waals surface area (Å²) in [6.45, 7) is 2.15. The first-order valence-electron chi connectivity index (χ1n) is 3.03. The lowest BCUT2D eigenvalue weighted by Crippen LogP contribution is -2.17. The van der Waals surface area contributed by atoms with Gasteiger partial charge in [-0.15, -0.1) is 18.5 Å². The summed E-state index contributed by atoms with van der Waals surface area (Å²) in [5.41, 5.74) is 1.38. The molecule has 0 heterocycles. The van der Waals surface area contributed by atoms with Gasteiger partial charge < -0.3 is 0 Å². The summed E-state index contributed by atoms with van der Waals surface area (Å²) in [4.78, 5) is 0. The van der Waals surface area contributed by atoms with E-state index in [0.717, 1.165) is 0 Å². The molecule has 11 heavy (non-hydrogen) atoms. The summed E-state index contributed by atoms with van der Waals surface area (Å²) in [6.07, 6.45) is 0. The number of halogens is 2. The van der Waals surface area contributed by atoms with Crippen LogP contribution in [0.4, 0.5) is 0 Å². The number of hydrogen-bond acceptors (Lipinski definition) is 0. The predicted octanol–water partition coefficient (Wildman–Crippen LogP) is 2.21. The van der Waals surface area contributed by atoms with Crippen molar-refractivity contribution in [2.24, 2.45) is 0 Å². The average molecular weight is 408 g/mol. The van der Waals surface area contributed by atoms with E-state index in [1.807, 2.05) is 0 Å². The minimum absolute atomic E-state index is 1.27. The van der Waals surface area contributed by atoms with Crippen LogP contribution in [0.15, 0.2) is 6.07 Å². The van der Waals surface area contributed by atoms with Crippen LogP contribution < -0.4 is 10.6 Å². The molecule has 0 amide bonds. The first-order valence-corrected chi connectivity index (χ1v) is 6.34. The van der Waals surface area contributed by atoms with Crippen LogP contribution in [-0.4, -0.2) is 0 Å². The van der Waals surface area contributed by atoms with Gasteiger partial charge in [0, 0.05) is 7.14 Å². The van der Waals surface area contributed by atoms with Crippen molar-refractivity contribution in [3.63, 3.8) is 0 Å². The SMILES string of the molecule is Cc1c(I)cc(P)c(P)c1I. The van der Waals surface area contributed by atoms with Gasteiger partial charge in [0.2, 0.25) is 0 Å². The van der Waals surface area contributed by atoms with Gasteiger partial charge in [0.15, 0.2) is 0 Å². The molecule has 0 bridgehead atoms. The van der Waals surface area contributed by atoms with Crippen LogP contribution in [-0.2, 0) is 0 Å². The second kappa shape index (κ2) is 4.17. The maximum Gasteiger partial charge on any atom is 0.0247 e. The predicted molar refractivity (Wildman–Crippen MR) is 75.3 cm³/mol. The van der Waals surface area contributed by atoms with Gasteiger partial charge in [-0.25, -0.2) is 0 Å². The number of rotatable bonds is 0. The number of benzene rings is 1. The number of hydrogen-bond donors (Lipinski definition) is 0. The molecule has 1 aromatic carbocycles. The smallest absolute Gasteiger partial charge is 0.0247 e. The Morgan fingerprint density at radius 1 is 1.27 bits per heavy atom. The van der Waals surface area contributed by atoms with Crippen molar-refractivity contribution < 1.29 is 0 Å².